The highest BCUT2D eigenvalue weighted by molar-refractivity contribution is 14.0. The van der Waals surface area contributed by atoms with E-state index in [2.05, 4.69) is 20.5 Å². The molecule has 1 aliphatic heterocycles. The van der Waals surface area contributed by atoms with Gasteiger partial charge in [0.2, 0.25) is 5.75 Å². The number of ether oxygens (including phenoxy) is 2. The molecule has 1 saturated carbocycles. The Morgan fingerprint density at radius 1 is 1.10 bits per heavy atom. The monoisotopic (exact) mass is 532 g/mol. The van der Waals surface area contributed by atoms with E-state index in [9.17, 15) is 5.11 Å². The standard InChI is InChI=1S/C22H36N4O3.HI/c1-23-22(24-14-16-12-19(28-2)21(27)20(13-16)29-3)25-17-8-7-11-26(15-17)18-9-5-4-6-10-18;/h12-13,17-18,27H,4-11,14-15H2,1-3H3,(H2,23,24,25);1H. The van der Waals surface area contributed by atoms with Crippen LogP contribution in [0.1, 0.15) is 50.5 Å². The predicted octanol–water partition coefficient (Wildman–Crippen LogP) is 3.49. The van der Waals surface area contributed by atoms with E-state index in [1.54, 1.807) is 7.05 Å². The van der Waals surface area contributed by atoms with Crippen molar-refractivity contribution in [3.63, 3.8) is 0 Å². The van der Waals surface area contributed by atoms with E-state index >= 15 is 0 Å². The number of rotatable bonds is 6. The molecule has 1 atom stereocenters. The molecule has 1 aromatic rings. The molecule has 7 nitrogen and oxygen atoms in total. The third-order valence-electron chi connectivity index (χ3n) is 6.11. The SMILES string of the molecule is CN=C(NCc1cc(OC)c(O)c(OC)c1)NC1CCCN(C2CCCCC2)C1.I. The number of benzene rings is 1. The van der Waals surface area contributed by atoms with Crippen LogP contribution < -0.4 is 20.1 Å². The van der Waals surface area contributed by atoms with E-state index in [1.807, 2.05) is 12.1 Å². The van der Waals surface area contributed by atoms with Crippen molar-refractivity contribution in [1.82, 2.24) is 15.5 Å². The van der Waals surface area contributed by atoms with Crippen LogP contribution >= 0.6 is 24.0 Å². The van der Waals surface area contributed by atoms with E-state index in [1.165, 1.54) is 65.7 Å². The van der Waals surface area contributed by atoms with Crippen molar-refractivity contribution in [3.8, 4) is 17.2 Å². The molecule has 170 valence electrons. The summed E-state index contributed by atoms with van der Waals surface area (Å²) in [6.45, 7) is 2.87. The molecular weight excluding hydrogens is 495 g/mol. The molecule has 30 heavy (non-hydrogen) atoms. The zero-order chi connectivity index (χ0) is 20.6. The highest BCUT2D eigenvalue weighted by Crippen LogP contribution is 2.37. The molecule has 3 rings (SSSR count). The van der Waals surface area contributed by atoms with Gasteiger partial charge in [-0.15, -0.1) is 24.0 Å². The van der Waals surface area contributed by atoms with Crippen LogP contribution in [-0.4, -0.2) is 62.4 Å². The summed E-state index contributed by atoms with van der Waals surface area (Å²) in [5.74, 6) is 1.62. The number of halogens is 1. The van der Waals surface area contributed by atoms with Crippen LogP contribution in [0.3, 0.4) is 0 Å². The van der Waals surface area contributed by atoms with E-state index < -0.39 is 0 Å². The number of hydrogen-bond acceptors (Lipinski definition) is 5. The number of phenolic OH excluding ortho intramolecular Hbond substituents is 1. The van der Waals surface area contributed by atoms with Gasteiger partial charge in [0.15, 0.2) is 17.5 Å². The Bertz CT molecular complexity index is 670. The molecule has 0 amide bonds. The summed E-state index contributed by atoms with van der Waals surface area (Å²) in [4.78, 5) is 7.09. The summed E-state index contributed by atoms with van der Waals surface area (Å²) >= 11 is 0. The minimum absolute atomic E-state index is 0. The molecule has 2 fully saturated rings. The minimum Gasteiger partial charge on any atom is -0.502 e. The van der Waals surface area contributed by atoms with Crippen molar-refractivity contribution in [2.45, 2.75) is 63.6 Å². The van der Waals surface area contributed by atoms with Gasteiger partial charge >= 0.3 is 0 Å². The van der Waals surface area contributed by atoms with Gasteiger partial charge in [-0.1, -0.05) is 19.3 Å². The first kappa shape index (κ1) is 24.8. The van der Waals surface area contributed by atoms with E-state index in [0.717, 1.165) is 24.1 Å². The summed E-state index contributed by atoms with van der Waals surface area (Å²) < 4.78 is 10.5. The van der Waals surface area contributed by atoms with Crippen LogP contribution in [0.15, 0.2) is 17.1 Å². The lowest BCUT2D eigenvalue weighted by Crippen LogP contribution is -2.53. The number of guanidine groups is 1. The zero-order valence-corrected chi connectivity index (χ0v) is 20.8. The van der Waals surface area contributed by atoms with Crippen LogP contribution in [0.2, 0.25) is 0 Å². The largest absolute Gasteiger partial charge is 0.502 e. The van der Waals surface area contributed by atoms with Crippen LogP contribution in [0.5, 0.6) is 17.2 Å². The number of piperidine rings is 1. The van der Waals surface area contributed by atoms with E-state index in [-0.39, 0.29) is 29.7 Å². The average molecular weight is 532 g/mol. The lowest BCUT2D eigenvalue weighted by molar-refractivity contribution is 0.115. The van der Waals surface area contributed by atoms with Crippen LogP contribution in [0.25, 0.3) is 0 Å². The molecule has 1 heterocycles. The second kappa shape index (κ2) is 12.4. The molecule has 0 aromatic heterocycles. The summed E-state index contributed by atoms with van der Waals surface area (Å²) in [7, 11) is 4.87. The number of likely N-dealkylation sites (tertiary alicyclic amines) is 1. The number of aliphatic imine (C=N–C) groups is 1. The second-order valence-electron chi connectivity index (χ2n) is 8.04. The molecular formula is C22H37IN4O3. The fourth-order valence-corrected chi connectivity index (χ4v) is 4.53. The molecule has 8 heteroatoms. The number of aromatic hydroxyl groups is 1. The Morgan fingerprint density at radius 2 is 1.77 bits per heavy atom. The number of phenols is 1. The fourth-order valence-electron chi connectivity index (χ4n) is 4.53. The highest BCUT2D eigenvalue weighted by atomic mass is 127. The maximum Gasteiger partial charge on any atom is 0.200 e. The molecule has 1 unspecified atom stereocenters. The number of methoxy groups -OCH3 is 2. The first-order valence-corrected chi connectivity index (χ1v) is 10.8. The Kier molecular flexibility index (Phi) is 10.3. The maximum atomic E-state index is 10.1. The molecule has 1 saturated heterocycles. The van der Waals surface area contributed by atoms with E-state index in [4.69, 9.17) is 9.47 Å². The summed E-state index contributed by atoms with van der Waals surface area (Å²) in [6.07, 6.45) is 9.26. The van der Waals surface area contributed by atoms with Gasteiger partial charge in [-0.2, -0.15) is 0 Å². The van der Waals surface area contributed by atoms with Crippen molar-refractivity contribution in [1.29, 1.82) is 0 Å². The van der Waals surface area contributed by atoms with Gasteiger partial charge in [0.05, 0.1) is 14.2 Å². The number of nitrogens with one attached hydrogen (secondary N) is 2. The second-order valence-corrected chi connectivity index (χ2v) is 8.04. The van der Waals surface area contributed by atoms with Gasteiger partial charge in [-0.05, 0) is 49.9 Å². The average Bonchev–Trinajstić information content (AvgIpc) is 2.78. The third-order valence-corrected chi connectivity index (χ3v) is 6.11. The smallest absolute Gasteiger partial charge is 0.200 e. The summed E-state index contributed by atoms with van der Waals surface area (Å²) in [5, 5.41) is 17.1. The van der Waals surface area contributed by atoms with Crippen LogP contribution in [0, 0.1) is 0 Å². The normalized spacial score (nSPS) is 20.9. The molecule has 0 bridgehead atoms. The maximum absolute atomic E-state index is 10.1. The first-order valence-electron chi connectivity index (χ1n) is 10.8. The fraction of sp³-hybridized carbons (Fsp3) is 0.682. The van der Waals surface area contributed by atoms with Gasteiger partial charge in [0.25, 0.3) is 0 Å². The topological polar surface area (TPSA) is 78.4 Å². The Morgan fingerprint density at radius 3 is 2.37 bits per heavy atom. The Balaban J connectivity index is 0.00000320. The summed E-state index contributed by atoms with van der Waals surface area (Å²) in [6, 6.07) is 4.80. The predicted molar refractivity (Wildman–Crippen MR) is 131 cm³/mol. The van der Waals surface area contributed by atoms with E-state index in [0.29, 0.717) is 24.1 Å². The van der Waals surface area contributed by atoms with Gasteiger partial charge in [0, 0.05) is 32.2 Å². The van der Waals surface area contributed by atoms with Gasteiger partial charge in [-0.3, -0.25) is 9.89 Å². The molecule has 1 aliphatic carbocycles. The molecule has 0 spiro atoms. The Labute approximate surface area is 197 Å². The van der Waals surface area contributed by atoms with Crippen molar-refractivity contribution in [2.24, 2.45) is 4.99 Å². The molecule has 1 aromatic carbocycles. The molecule has 0 radical (unpaired) electrons. The number of nitrogens with zero attached hydrogens (tertiary/aromatic N) is 2. The third kappa shape index (κ3) is 6.54. The van der Waals surface area contributed by atoms with Crippen molar-refractivity contribution in [2.75, 3.05) is 34.4 Å². The molecule has 2 aliphatic rings. The highest BCUT2D eigenvalue weighted by Gasteiger charge is 2.27. The van der Waals surface area contributed by atoms with Crippen molar-refractivity contribution < 1.29 is 14.6 Å². The summed E-state index contributed by atoms with van der Waals surface area (Å²) in [5.41, 5.74) is 0.951. The first-order chi connectivity index (χ1) is 14.1. The Hall–Kier alpha value is -1.42. The van der Waals surface area contributed by atoms with Gasteiger partial charge in [0.1, 0.15) is 0 Å². The zero-order valence-electron chi connectivity index (χ0n) is 18.4. The van der Waals surface area contributed by atoms with Crippen molar-refractivity contribution >= 4 is 29.9 Å². The van der Waals surface area contributed by atoms with Crippen LogP contribution in [0.4, 0.5) is 0 Å². The van der Waals surface area contributed by atoms with Crippen LogP contribution in [-0.2, 0) is 6.54 Å². The molecule has 3 N–H and O–H groups in total. The van der Waals surface area contributed by atoms with Crippen molar-refractivity contribution in [3.05, 3.63) is 17.7 Å². The van der Waals surface area contributed by atoms with Gasteiger partial charge < -0.3 is 25.2 Å². The number of hydrogen-bond donors (Lipinski definition) is 3. The van der Waals surface area contributed by atoms with Gasteiger partial charge in [-0.25, -0.2) is 0 Å². The lowest BCUT2D eigenvalue weighted by atomic mass is 9.92. The minimum atomic E-state index is 0. The quantitative estimate of drug-likeness (QED) is 0.296. The lowest BCUT2D eigenvalue weighted by Gasteiger charge is -2.40.